The Hall–Kier alpha value is -4.45. The number of ether oxygens (including phenoxy) is 3. The minimum absolute atomic E-state index is 0.0898. The van der Waals surface area contributed by atoms with E-state index in [-0.39, 0.29) is 31.1 Å². The smallest absolute Gasteiger partial charge is 0.306 e. The van der Waals surface area contributed by atoms with Crippen LogP contribution in [0, 0.1) is 0 Å². The second-order valence-corrected chi connectivity index (χ2v) is 22.6. The molecule has 6 heteroatoms. The molecule has 0 aromatic heterocycles. The molecule has 0 saturated carbocycles. The zero-order valence-electron chi connectivity index (χ0n) is 54.2. The van der Waals surface area contributed by atoms with Gasteiger partial charge in [-0.2, -0.15) is 0 Å². The summed E-state index contributed by atoms with van der Waals surface area (Å²) in [4.78, 5) is 38.4. The highest BCUT2D eigenvalue weighted by Gasteiger charge is 2.19. The van der Waals surface area contributed by atoms with Gasteiger partial charge in [0.05, 0.1) is 0 Å². The molecule has 0 N–H and O–H groups in total. The lowest BCUT2D eigenvalue weighted by Gasteiger charge is -2.18. The molecule has 0 radical (unpaired) electrons. The van der Waals surface area contributed by atoms with E-state index in [1.165, 1.54) is 141 Å². The summed E-state index contributed by atoms with van der Waals surface area (Å²) >= 11 is 0. The zero-order chi connectivity index (χ0) is 59.9. The molecule has 472 valence electrons. The average molecular weight is 1150 g/mol. The van der Waals surface area contributed by atoms with E-state index in [4.69, 9.17) is 14.2 Å². The second kappa shape index (κ2) is 70.0. The minimum Gasteiger partial charge on any atom is -0.462 e. The summed E-state index contributed by atoms with van der Waals surface area (Å²) in [6.07, 6.45) is 99.1. The van der Waals surface area contributed by atoms with Crippen molar-refractivity contribution in [3.63, 3.8) is 0 Å². The van der Waals surface area contributed by atoms with Gasteiger partial charge in [-0.15, -0.1) is 0 Å². The third-order valence-electron chi connectivity index (χ3n) is 14.6. The Labute approximate surface area is 513 Å². The Morgan fingerprint density at radius 3 is 0.687 bits per heavy atom. The molecule has 0 aromatic rings. The average Bonchev–Trinajstić information content (AvgIpc) is 3.49. The molecule has 1 unspecified atom stereocenters. The van der Waals surface area contributed by atoms with Crippen LogP contribution < -0.4 is 0 Å². The van der Waals surface area contributed by atoms with Crippen LogP contribution in [0.5, 0.6) is 0 Å². The van der Waals surface area contributed by atoms with E-state index in [1.807, 2.05) is 0 Å². The van der Waals surface area contributed by atoms with Gasteiger partial charge in [0.15, 0.2) is 6.10 Å². The standard InChI is InChI=1S/C77H128O6/c1-4-7-10-13-16-19-22-25-27-29-31-33-35-37-38-40-41-43-45-47-49-52-55-58-61-64-67-70-76(79)82-73-74(72-81-75(78)69-66-63-60-57-54-51-24-21-18-15-12-9-6-3)83-77(80)71-68-65-62-59-56-53-50-48-46-44-42-39-36-34-32-30-28-26-23-20-17-14-11-8-5-2/h7-12,16-21,25-28,31-34,51,54,74H,4-6,13-15,22-24,29-30,35-50,52-53,55-73H2,1-3H3/b10-7-,11-8-,12-9-,19-16-,20-17-,21-18-,27-25-,28-26-,33-31-,34-32-,54-51-. The lowest BCUT2D eigenvalue weighted by atomic mass is 10.0. The van der Waals surface area contributed by atoms with Gasteiger partial charge in [0, 0.05) is 19.3 Å². The van der Waals surface area contributed by atoms with Crippen LogP contribution in [0.2, 0.25) is 0 Å². The number of hydrogen-bond acceptors (Lipinski definition) is 6. The first-order valence-electron chi connectivity index (χ1n) is 34.7. The predicted molar refractivity (Wildman–Crippen MR) is 362 cm³/mol. The summed E-state index contributed by atoms with van der Waals surface area (Å²) in [5.74, 6) is -0.915. The Morgan fingerprint density at radius 2 is 0.434 bits per heavy atom. The van der Waals surface area contributed by atoms with Crippen molar-refractivity contribution in [2.24, 2.45) is 0 Å². The van der Waals surface area contributed by atoms with Gasteiger partial charge in [-0.3, -0.25) is 14.4 Å². The van der Waals surface area contributed by atoms with E-state index in [0.717, 1.165) is 135 Å². The largest absolute Gasteiger partial charge is 0.462 e. The van der Waals surface area contributed by atoms with Gasteiger partial charge in [-0.05, 0) is 128 Å². The SMILES string of the molecule is CC/C=C\C/C=C\C/C=C\C/C=C\CCCCCCCCCCCCCCCCC(=O)OCC(COC(=O)CCCCC/C=C\C/C=C\C/C=C\CC)OC(=O)CCCCCCCCCCCCCC/C=C\C/C=C\C/C=C\C/C=C\CC. The number of rotatable bonds is 62. The maximum absolute atomic E-state index is 13.0. The van der Waals surface area contributed by atoms with Crippen molar-refractivity contribution in [3.8, 4) is 0 Å². The fraction of sp³-hybridized carbons (Fsp3) is 0.675. The molecular weight excluding hydrogens is 1020 g/mol. The van der Waals surface area contributed by atoms with Gasteiger partial charge in [-0.25, -0.2) is 0 Å². The molecule has 0 aliphatic carbocycles. The van der Waals surface area contributed by atoms with Gasteiger partial charge in [0.1, 0.15) is 13.2 Å². The molecular formula is C77H128O6. The van der Waals surface area contributed by atoms with Crippen molar-refractivity contribution >= 4 is 17.9 Å². The van der Waals surface area contributed by atoms with E-state index in [2.05, 4.69) is 154 Å². The van der Waals surface area contributed by atoms with E-state index < -0.39 is 6.10 Å². The van der Waals surface area contributed by atoms with Gasteiger partial charge in [0.25, 0.3) is 0 Å². The van der Waals surface area contributed by atoms with Crippen LogP contribution in [0.15, 0.2) is 134 Å². The zero-order valence-corrected chi connectivity index (χ0v) is 54.2. The van der Waals surface area contributed by atoms with Gasteiger partial charge >= 0.3 is 17.9 Å². The summed E-state index contributed by atoms with van der Waals surface area (Å²) in [6, 6.07) is 0. The summed E-state index contributed by atoms with van der Waals surface area (Å²) in [7, 11) is 0. The fourth-order valence-electron chi connectivity index (χ4n) is 9.56. The number of allylic oxidation sites excluding steroid dienone is 22. The van der Waals surface area contributed by atoms with Crippen LogP contribution in [0.25, 0.3) is 0 Å². The minimum atomic E-state index is -0.796. The molecule has 6 nitrogen and oxygen atoms in total. The third kappa shape index (κ3) is 68.2. The van der Waals surface area contributed by atoms with Crippen molar-refractivity contribution in [1.82, 2.24) is 0 Å². The molecule has 0 amide bonds. The predicted octanol–water partition coefficient (Wildman–Crippen LogP) is 24.1. The lowest BCUT2D eigenvalue weighted by Crippen LogP contribution is -2.30. The molecule has 0 spiro atoms. The maximum Gasteiger partial charge on any atom is 0.306 e. The molecule has 0 aliphatic rings. The number of carbonyl (C=O) groups excluding carboxylic acids is 3. The molecule has 0 bridgehead atoms. The molecule has 0 aromatic carbocycles. The van der Waals surface area contributed by atoms with Crippen molar-refractivity contribution in [1.29, 1.82) is 0 Å². The van der Waals surface area contributed by atoms with Gasteiger partial charge in [-0.1, -0.05) is 302 Å². The first kappa shape index (κ1) is 78.5. The van der Waals surface area contributed by atoms with Crippen molar-refractivity contribution < 1.29 is 28.6 Å². The lowest BCUT2D eigenvalue weighted by molar-refractivity contribution is -0.167. The maximum atomic E-state index is 13.0. The summed E-state index contributed by atoms with van der Waals surface area (Å²) in [5, 5.41) is 0. The summed E-state index contributed by atoms with van der Waals surface area (Å²) in [5.41, 5.74) is 0. The van der Waals surface area contributed by atoms with Crippen molar-refractivity contribution in [2.75, 3.05) is 13.2 Å². The van der Waals surface area contributed by atoms with Crippen LogP contribution >= 0.6 is 0 Å². The Morgan fingerprint density at radius 1 is 0.241 bits per heavy atom. The van der Waals surface area contributed by atoms with Crippen molar-refractivity contribution in [3.05, 3.63) is 134 Å². The van der Waals surface area contributed by atoms with E-state index >= 15 is 0 Å². The topological polar surface area (TPSA) is 78.9 Å². The molecule has 0 aliphatic heterocycles. The number of hydrogen-bond donors (Lipinski definition) is 0. The molecule has 0 fully saturated rings. The Bertz CT molecular complexity index is 1750. The quantitative estimate of drug-likeness (QED) is 0.0261. The Kier molecular flexibility index (Phi) is 66.3. The molecule has 0 saturated heterocycles. The fourth-order valence-corrected chi connectivity index (χ4v) is 9.56. The van der Waals surface area contributed by atoms with Crippen LogP contribution in [-0.2, 0) is 28.6 Å². The molecule has 0 heterocycles. The summed E-state index contributed by atoms with van der Waals surface area (Å²) in [6.45, 7) is 6.30. The van der Waals surface area contributed by atoms with E-state index in [1.54, 1.807) is 0 Å². The van der Waals surface area contributed by atoms with Crippen LogP contribution in [0.3, 0.4) is 0 Å². The third-order valence-corrected chi connectivity index (χ3v) is 14.6. The highest BCUT2D eigenvalue weighted by atomic mass is 16.6. The van der Waals surface area contributed by atoms with Crippen LogP contribution in [0.4, 0.5) is 0 Å². The second-order valence-electron chi connectivity index (χ2n) is 22.6. The van der Waals surface area contributed by atoms with Crippen LogP contribution in [-0.4, -0.2) is 37.2 Å². The van der Waals surface area contributed by atoms with Gasteiger partial charge in [0.2, 0.25) is 0 Å². The number of carbonyl (C=O) groups is 3. The first-order chi connectivity index (χ1) is 41.0. The summed E-state index contributed by atoms with van der Waals surface area (Å²) < 4.78 is 16.9. The number of unbranched alkanes of at least 4 members (excludes halogenated alkanes) is 29. The molecule has 83 heavy (non-hydrogen) atoms. The highest BCUT2D eigenvalue weighted by Crippen LogP contribution is 2.17. The Balaban J connectivity index is 4.30. The normalized spacial score (nSPS) is 13.0. The first-order valence-corrected chi connectivity index (χ1v) is 34.7. The van der Waals surface area contributed by atoms with Crippen molar-refractivity contribution in [2.45, 2.75) is 322 Å². The van der Waals surface area contributed by atoms with E-state index in [0.29, 0.717) is 19.3 Å². The number of esters is 3. The van der Waals surface area contributed by atoms with E-state index in [9.17, 15) is 14.4 Å². The molecule has 0 rings (SSSR count). The molecule has 1 atom stereocenters. The van der Waals surface area contributed by atoms with Crippen LogP contribution in [0.1, 0.15) is 316 Å². The van der Waals surface area contributed by atoms with Gasteiger partial charge < -0.3 is 14.2 Å². The highest BCUT2D eigenvalue weighted by molar-refractivity contribution is 5.71. The monoisotopic (exact) mass is 1150 g/mol.